The van der Waals surface area contributed by atoms with E-state index >= 15 is 0 Å². The Morgan fingerprint density at radius 2 is 1.77 bits per heavy atom. The fourth-order valence-electron chi connectivity index (χ4n) is 2.14. The first-order valence-corrected chi connectivity index (χ1v) is 7.68. The second-order valence-electron chi connectivity index (χ2n) is 6.95. The van der Waals surface area contributed by atoms with Gasteiger partial charge in [-0.1, -0.05) is 32.9 Å². The van der Waals surface area contributed by atoms with E-state index in [0.717, 1.165) is 18.5 Å². The molecule has 1 aromatic rings. The lowest BCUT2D eigenvalue weighted by Gasteiger charge is -2.22. The number of benzene rings is 1. The number of carbonyl (C=O) groups excluding carboxylic acids is 2. The Bertz CT molecular complexity index is 542. The average molecular weight is 303 g/mol. The highest BCUT2D eigenvalue weighted by atomic mass is 16.2. The largest absolute Gasteiger partial charge is 0.365 e. The van der Waals surface area contributed by atoms with E-state index in [1.807, 2.05) is 24.1 Å². The monoisotopic (exact) mass is 303 g/mol. The smallest absolute Gasteiger partial charge is 0.321 e. The van der Waals surface area contributed by atoms with E-state index in [0.29, 0.717) is 0 Å². The van der Waals surface area contributed by atoms with Gasteiger partial charge in [0.15, 0.2) is 0 Å². The van der Waals surface area contributed by atoms with Crippen LogP contribution >= 0.6 is 0 Å². The number of nitrogens with zero attached hydrogens (tertiary/aromatic N) is 1. The molecule has 0 radical (unpaired) electrons. The summed E-state index contributed by atoms with van der Waals surface area (Å²) < 4.78 is 0. The van der Waals surface area contributed by atoms with E-state index in [-0.39, 0.29) is 23.9 Å². The van der Waals surface area contributed by atoms with Crippen LogP contribution in [0.3, 0.4) is 0 Å². The van der Waals surface area contributed by atoms with Gasteiger partial charge in [-0.05, 0) is 36.0 Å². The van der Waals surface area contributed by atoms with E-state index in [4.69, 9.17) is 0 Å². The van der Waals surface area contributed by atoms with E-state index in [2.05, 4.69) is 43.5 Å². The Kier molecular flexibility index (Phi) is 4.74. The number of nitrogens with one attached hydrogen (secondary N) is 2. The fourth-order valence-corrected chi connectivity index (χ4v) is 2.14. The molecule has 5 heteroatoms. The molecule has 3 amide bonds. The predicted octanol–water partition coefficient (Wildman–Crippen LogP) is 2.41. The van der Waals surface area contributed by atoms with E-state index in [1.54, 1.807) is 0 Å². The molecule has 0 heterocycles. The molecule has 5 nitrogen and oxygen atoms in total. The standard InChI is InChI=1S/C17H25N3O2/c1-17(2,3)12-5-9-14(10-6-12)20(4)11-15(21)19-16(22)18-13-7-8-13/h5-6,9-10,13H,7-8,11H2,1-4H3,(H2,18,19,21,22). The molecule has 0 aromatic heterocycles. The van der Waals surface area contributed by atoms with Crippen molar-refractivity contribution in [2.75, 3.05) is 18.5 Å². The highest BCUT2D eigenvalue weighted by Crippen LogP contribution is 2.24. The van der Waals surface area contributed by atoms with Crippen LogP contribution in [0.15, 0.2) is 24.3 Å². The molecule has 2 rings (SSSR count). The van der Waals surface area contributed by atoms with Crippen molar-refractivity contribution in [1.29, 1.82) is 0 Å². The molecule has 0 saturated heterocycles. The molecule has 22 heavy (non-hydrogen) atoms. The van der Waals surface area contributed by atoms with Gasteiger partial charge in [0.2, 0.25) is 5.91 Å². The van der Waals surface area contributed by atoms with Crippen LogP contribution in [-0.4, -0.2) is 31.6 Å². The number of rotatable bonds is 4. The summed E-state index contributed by atoms with van der Waals surface area (Å²) in [4.78, 5) is 25.2. The zero-order valence-electron chi connectivity index (χ0n) is 13.8. The summed E-state index contributed by atoms with van der Waals surface area (Å²) in [6.45, 7) is 6.64. The normalized spacial score (nSPS) is 14.4. The Labute approximate surface area is 132 Å². The van der Waals surface area contributed by atoms with Gasteiger partial charge in [-0.15, -0.1) is 0 Å². The third kappa shape index (κ3) is 4.76. The van der Waals surface area contributed by atoms with Crippen LogP contribution < -0.4 is 15.5 Å². The predicted molar refractivity (Wildman–Crippen MR) is 88.1 cm³/mol. The van der Waals surface area contributed by atoms with Gasteiger partial charge in [0.25, 0.3) is 0 Å². The lowest BCUT2D eigenvalue weighted by molar-refractivity contribution is -0.118. The molecule has 1 fully saturated rings. The maximum absolute atomic E-state index is 11.9. The lowest BCUT2D eigenvalue weighted by atomic mass is 9.87. The molecule has 1 aromatic carbocycles. The lowest BCUT2D eigenvalue weighted by Crippen LogP contribution is -2.44. The molecule has 120 valence electrons. The number of hydrogen-bond donors (Lipinski definition) is 2. The van der Waals surface area contributed by atoms with Crippen molar-refractivity contribution in [1.82, 2.24) is 10.6 Å². The quantitative estimate of drug-likeness (QED) is 0.898. The van der Waals surface area contributed by atoms with Gasteiger partial charge in [-0.2, -0.15) is 0 Å². The zero-order valence-corrected chi connectivity index (χ0v) is 13.8. The Hall–Kier alpha value is -2.04. The van der Waals surface area contributed by atoms with Crippen molar-refractivity contribution in [3.05, 3.63) is 29.8 Å². The first-order chi connectivity index (χ1) is 10.3. The first kappa shape index (κ1) is 16.3. The van der Waals surface area contributed by atoms with E-state index in [1.165, 1.54) is 5.56 Å². The van der Waals surface area contributed by atoms with Gasteiger partial charge >= 0.3 is 6.03 Å². The molecule has 1 aliphatic carbocycles. The molecule has 1 saturated carbocycles. The first-order valence-electron chi connectivity index (χ1n) is 7.68. The number of anilines is 1. The number of likely N-dealkylation sites (N-methyl/N-ethyl adjacent to an activating group) is 1. The summed E-state index contributed by atoms with van der Waals surface area (Å²) in [6, 6.07) is 7.99. The molecule has 2 N–H and O–H groups in total. The van der Waals surface area contributed by atoms with Crippen molar-refractivity contribution in [2.45, 2.75) is 45.1 Å². The summed E-state index contributed by atoms with van der Waals surface area (Å²) in [5.74, 6) is -0.305. The maximum Gasteiger partial charge on any atom is 0.321 e. The zero-order chi connectivity index (χ0) is 16.3. The Morgan fingerprint density at radius 3 is 2.27 bits per heavy atom. The number of urea groups is 1. The van der Waals surface area contributed by atoms with Crippen LogP contribution in [0.25, 0.3) is 0 Å². The van der Waals surface area contributed by atoms with Crippen molar-refractivity contribution < 1.29 is 9.59 Å². The summed E-state index contributed by atoms with van der Waals surface area (Å²) in [5, 5.41) is 5.09. The molecule has 0 aliphatic heterocycles. The Morgan fingerprint density at radius 1 is 1.18 bits per heavy atom. The van der Waals surface area contributed by atoms with Gasteiger partial charge in [0.1, 0.15) is 0 Å². The van der Waals surface area contributed by atoms with E-state index in [9.17, 15) is 9.59 Å². The second-order valence-corrected chi connectivity index (χ2v) is 6.95. The molecule has 0 atom stereocenters. The number of hydrogen-bond acceptors (Lipinski definition) is 3. The summed E-state index contributed by atoms with van der Waals surface area (Å²) >= 11 is 0. The minimum absolute atomic E-state index is 0.107. The minimum atomic E-state index is -0.399. The molecule has 0 spiro atoms. The van der Waals surface area contributed by atoms with Crippen molar-refractivity contribution in [3.63, 3.8) is 0 Å². The molecular weight excluding hydrogens is 278 g/mol. The maximum atomic E-state index is 11.9. The van der Waals surface area contributed by atoms with Gasteiger partial charge < -0.3 is 10.2 Å². The third-order valence-corrected chi connectivity index (χ3v) is 3.72. The fraction of sp³-hybridized carbons (Fsp3) is 0.529. The van der Waals surface area contributed by atoms with E-state index < -0.39 is 6.03 Å². The SMILES string of the molecule is CN(CC(=O)NC(=O)NC1CC1)c1ccc(C(C)(C)C)cc1. The molecule has 0 bridgehead atoms. The highest BCUT2D eigenvalue weighted by Gasteiger charge is 2.24. The highest BCUT2D eigenvalue weighted by molar-refractivity contribution is 5.96. The van der Waals surface area contributed by atoms with Crippen molar-refractivity contribution in [2.24, 2.45) is 0 Å². The third-order valence-electron chi connectivity index (χ3n) is 3.72. The molecule has 0 unspecified atom stereocenters. The summed E-state index contributed by atoms with van der Waals surface area (Å²) in [5.41, 5.74) is 2.30. The van der Waals surface area contributed by atoms with Crippen molar-refractivity contribution in [3.8, 4) is 0 Å². The minimum Gasteiger partial charge on any atom is -0.365 e. The number of carbonyl (C=O) groups is 2. The van der Waals surface area contributed by atoms with Crippen LogP contribution in [0.5, 0.6) is 0 Å². The Balaban J connectivity index is 1.86. The van der Waals surface area contributed by atoms with Crippen LogP contribution in [-0.2, 0) is 10.2 Å². The number of imide groups is 1. The molecular formula is C17H25N3O2. The van der Waals surface area contributed by atoms with Gasteiger partial charge in [0, 0.05) is 18.8 Å². The van der Waals surface area contributed by atoms with Gasteiger partial charge in [0.05, 0.1) is 6.54 Å². The average Bonchev–Trinajstić information content (AvgIpc) is 3.21. The van der Waals surface area contributed by atoms with Crippen LogP contribution in [0.2, 0.25) is 0 Å². The number of amides is 3. The summed E-state index contributed by atoms with van der Waals surface area (Å²) in [7, 11) is 1.84. The van der Waals surface area contributed by atoms with Gasteiger partial charge in [-0.25, -0.2) is 4.79 Å². The van der Waals surface area contributed by atoms with Crippen LogP contribution in [0.1, 0.15) is 39.2 Å². The topological polar surface area (TPSA) is 61.4 Å². The van der Waals surface area contributed by atoms with Crippen LogP contribution in [0, 0.1) is 0 Å². The van der Waals surface area contributed by atoms with Crippen molar-refractivity contribution >= 4 is 17.6 Å². The molecule has 1 aliphatic rings. The van der Waals surface area contributed by atoms with Gasteiger partial charge in [-0.3, -0.25) is 10.1 Å². The van der Waals surface area contributed by atoms with Crippen LogP contribution in [0.4, 0.5) is 10.5 Å². The second kappa shape index (κ2) is 6.38. The summed E-state index contributed by atoms with van der Waals surface area (Å²) in [6.07, 6.45) is 2.00.